The molecule has 0 spiro atoms. The fourth-order valence-corrected chi connectivity index (χ4v) is 3.61. The lowest BCUT2D eigenvalue weighted by molar-refractivity contribution is -0.137. The molecule has 5 heteroatoms. The second kappa shape index (κ2) is 29.4. The van der Waals surface area contributed by atoms with Gasteiger partial charge in [0.25, 0.3) is 0 Å². The maximum atomic E-state index is 10.3. The second-order valence-corrected chi connectivity index (χ2v) is 8.58. The van der Waals surface area contributed by atoms with Crippen LogP contribution in [0.5, 0.6) is 0 Å². The van der Waals surface area contributed by atoms with Gasteiger partial charge in [0.1, 0.15) is 0 Å². The Labute approximate surface area is 195 Å². The van der Waals surface area contributed by atoms with Crippen molar-refractivity contribution >= 4 is 5.97 Å². The summed E-state index contributed by atoms with van der Waals surface area (Å²) < 4.78 is 0. The quantitative estimate of drug-likeness (QED) is 0.120. The molecule has 0 bridgehead atoms. The lowest BCUT2D eigenvalue weighted by Gasteiger charge is -2.17. The molecule has 0 aliphatic carbocycles. The lowest BCUT2D eigenvalue weighted by Crippen LogP contribution is -2.38. The van der Waals surface area contributed by atoms with Gasteiger partial charge in [0.2, 0.25) is 0 Å². The number of unbranched alkanes of at least 4 members (excludes halogenated alkanes) is 14. The largest absolute Gasteiger partial charge is 0.481 e. The fraction of sp³-hybridized carbons (Fsp3) is 0.962. The molecule has 31 heavy (non-hydrogen) atoms. The maximum Gasteiger partial charge on any atom is 0.303 e. The van der Waals surface area contributed by atoms with Gasteiger partial charge in [0.15, 0.2) is 0 Å². The number of nitrogens with one attached hydrogen (secondary N) is 2. The number of nitrogens with zero attached hydrogens (tertiary/aromatic N) is 1. The van der Waals surface area contributed by atoms with Gasteiger partial charge < -0.3 is 10.0 Å². The molecule has 0 aromatic rings. The molecule has 0 heterocycles. The van der Waals surface area contributed by atoms with Crippen molar-refractivity contribution in [3.8, 4) is 0 Å². The zero-order valence-electron chi connectivity index (χ0n) is 21.7. The predicted molar refractivity (Wildman–Crippen MR) is 137 cm³/mol. The Morgan fingerprint density at radius 3 is 1.42 bits per heavy atom. The van der Waals surface area contributed by atoms with E-state index in [1.54, 1.807) is 0 Å². The summed E-state index contributed by atoms with van der Waals surface area (Å²) in [6.45, 7) is 14.2. The third kappa shape index (κ3) is 31.6. The Hall–Kier alpha value is -0.650. The van der Waals surface area contributed by atoms with Gasteiger partial charge in [-0.25, -0.2) is 0 Å². The third-order valence-electron chi connectivity index (χ3n) is 5.74. The van der Waals surface area contributed by atoms with E-state index in [2.05, 4.69) is 43.4 Å². The number of carboxylic acids is 1. The zero-order chi connectivity index (χ0) is 23.4. The number of carbonyl (C=O) groups is 1. The van der Waals surface area contributed by atoms with Gasteiger partial charge in [-0.2, -0.15) is 0 Å². The van der Waals surface area contributed by atoms with Crippen LogP contribution in [0.15, 0.2) is 0 Å². The molecule has 188 valence electrons. The van der Waals surface area contributed by atoms with Crippen LogP contribution in [0.2, 0.25) is 0 Å². The molecular formula is C26H57N3O2. The van der Waals surface area contributed by atoms with Crippen LogP contribution < -0.4 is 10.9 Å². The summed E-state index contributed by atoms with van der Waals surface area (Å²) in [5.74, 6) is -0.653. The predicted octanol–water partition coefficient (Wildman–Crippen LogP) is 6.77. The number of rotatable bonds is 23. The Kier molecular flexibility index (Phi) is 30.8. The molecule has 0 aromatic heterocycles. The molecule has 0 atom stereocenters. The van der Waals surface area contributed by atoms with Crippen LogP contribution >= 0.6 is 0 Å². The summed E-state index contributed by atoms with van der Waals surface area (Å²) in [5.41, 5.74) is 6.22. The van der Waals surface area contributed by atoms with E-state index in [9.17, 15) is 4.79 Å². The first-order valence-corrected chi connectivity index (χ1v) is 13.5. The minimum Gasteiger partial charge on any atom is -0.481 e. The summed E-state index contributed by atoms with van der Waals surface area (Å²) in [4.78, 5) is 12.7. The van der Waals surface area contributed by atoms with Crippen molar-refractivity contribution in [3.05, 3.63) is 0 Å². The summed E-state index contributed by atoms with van der Waals surface area (Å²) in [6, 6.07) is 0. The van der Waals surface area contributed by atoms with Crippen molar-refractivity contribution in [1.82, 2.24) is 15.8 Å². The first-order chi connectivity index (χ1) is 15.1. The van der Waals surface area contributed by atoms with Crippen LogP contribution in [0.3, 0.4) is 0 Å². The summed E-state index contributed by atoms with van der Waals surface area (Å²) in [7, 11) is 0. The molecule has 0 fully saturated rings. The highest BCUT2D eigenvalue weighted by Crippen LogP contribution is 2.13. The van der Waals surface area contributed by atoms with Gasteiger partial charge in [0.05, 0.1) is 0 Å². The van der Waals surface area contributed by atoms with Gasteiger partial charge in [-0.05, 0) is 19.5 Å². The lowest BCUT2D eigenvalue weighted by atomic mass is 10.0. The molecular weight excluding hydrogens is 386 g/mol. The van der Waals surface area contributed by atoms with E-state index in [-0.39, 0.29) is 0 Å². The molecule has 0 saturated carbocycles. The van der Waals surface area contributed by atoms with Gasteiger partial charge in [-0.1, -0.05) is 118 Å². The Bertz CT molecular complexity index is 337. The summed E-state index contributed by atoms with van der Waals surface area (Å²) in [5, 5.41) is 8.52. The number of carboxylic acid groups (broad SMARTS) is 1. The van der Waals surface area contributed by atoms with Crippen LogP contribution in [-0.2, 0) is 4.79 Å². The Morgan fingerprint density at radius 2 is 1.06 bits per heavy atom. The van der Waals surface area contributed by atoms with Crippen LogP contribution in [0.1, 0.15) is 130 Å². The molecule has 5 nitrogen and oxygen atoms in total. The minimum atomic E-state index is -0.653. The Morgan fingerprint density at radius 1 is 0.645 bits per heavy atom. The second-order valence-electron chi connectivity index (χ2n) is 8.58. The van der Waals surface area contributed by atoms with E-state index in [4.69, 9.17) is 5.11 Å². The molecule has 0 amide bonds. The molecule has 0 saturated heterocycles. The van der Waals surface area contributed by atoms with Crippen molar-refractivity contribution in [3.63, 3.8) is 0 Å². The zero-order valence-corrected chi connectivity index (χ0v) is 21.7. The van der Waals surface area contributed by atoms with E-state index in [0.717, 1.165) is 45.6 Å². The van der Waals surface area contributed by atoms with Crippen molar-refractivity contribution in [2.75, 3.05) is 32.7 Å². The molecule has 0 aromatic carbocycles. The number of hydrogen-bond acceptors (Lipinski definition) is 4. The van der Waals surface area contributed by atoms with Crippen molar-refractivity contribution < 1.29 is 9.90 Å². The summed E-state index contributed by atoms with van der Waals surface area (Å²) in [6.07, 6.45) is 20.2. The van der Waals surface area contributed by atoms with E-state index < -0.39 is 5.97 Å². The normalized spacial score (nSPS) is 10.9. The Balaban J connectivity index is 0. The highest BCUT2D eigenvalue weighted by Gasteiger charge is 1.97. The molecule has 0 aliphatic heterocycles. The SMILES string of the molecule is CCCCCCCCCCCCCCCCCC(=O)O.CCNNCCN(CC)CC. The smallest absolute Gasteiger partial charge is 0.303 e. The van der Waals surface area contributed by atoms with Gasteiger partial charge in [-0.15, -0.1) is 0 Å². The fourth-order valence-electron chi connectivity index (χ4n) is 3.61. The number of likely N-dealkylation sites (N-methyl/N-ethyl adjacent to an activating group) is 1. The average Bonchev–Trinajstić information content (AvgIpc) is 2.77. The molecule has 0 unspecified atom stereocenters. The maximum absolute atomic E-state index is 10.3. The minimum absolute atomic E-state index is 0.345. The number of hydrazine groups is 1. The van der Waals surface area contributed by atoms with Crippen molar-refractivity contribution in [2.45, 2.75) is 130 Å². The first kappa shape index (κ1) is 32.5. The van der Waals surface area contributed by atoms with Gasteiger partial charge in [-0.3, -0.25) is 15.6 Å². The molecule has 0 aliphatic rings. The van der Waals surface area contributed by atoms with Gasteiger partial charge >= 0.3 is 5.97 Å². The highest BCUT2D eigenvalue weighted by molar-refractivity contribution is 5.66. The highest BCUT2D eigenvalue weighted by atomic mass is 16.4. The van der Waals surface area contributed by atoms with Crippen LogP contribution in [0, 0.1) is 0 Å². The van der Waals surface area contributed by atoms with Crippen LogP contribution in [0.25, 0.3) is 0 Å². The van der Waals surface area contributed by atoms with Gasteiger partial charge in [0, 0.05) is 26.1 Å². The molecule has 3 N–H and O–H groups in total. The summed E-state index contributed by atoms with van der Waals surface area (Å²) >= 11 is 0. The van der Waals surface area contributed by atoms with Crippen LogP contribution in [-0.4, -0.2) is 48.7 Å². The van der Waals surface area contributed by atoms with Crippen molar-refractivity contribution in [1.29, 1.82) is 0 Å². The molecule has 0 rings (SSSR count). The first-order valence-electron chi connectivity index (χ1n) is 13.5. The van der Waals surface area contributed by atoms with Crippen LogP contribution in [0.4, 0.5) is 0 Å². The number of hydrogen-bond donors (Lipinski definition) is 3. The third-order valence-corrected chi connectivity index (χ3v) is 5.74. The van der Waals surface area contributed by atoms with E-state index in [1.807, 2.05) is 0 Å². The van der Waals surface area contributed by atoms with E-state index >= 15 is 0 Å². The average molecular weight is 444 g/mol. The van der Waals surface area contributed by atoms with E-state index in [1.165, 1.54) is 83.5 Å². The topological polar surface area (TPSA) is 64.6 Å². The molecule has 0 radical (unpaired) electrons. The number of aliphatic carboxylic acids is 1. The standard InChI is InChI=1S/C18H36O2.C8H21N3/c1-2-3-4-5-6-7-8-9-10-11-12-13-14-15-16-17-18(19)20;1-4-9-10-7-8-11(5-2)6-3/h2-17H2,1H3,(H,19,20);9-10H,4-8H2,1-3H3. The van der Waals surface area contributed by atoms with E-state index in [0.29, 0.717) is 6.42 Å². The van der Waals surface area contributed by atoms with Crippen molar-refractivity contribution in [2.24, 2.45) is 0 Å². The monoisotopic (exact) mass is 443 g/mol.